The molecule has 4 N–H and O–H groups in total. The van der Waals surface area contributed by atoms with Crippen LogP contribution in [0.5, 0.6) is 0 Å². The Hall–Kier alpha value is -4.43. The molecule has 186 valence electrons. The van der Waals surface area contributed by atoms with Crippen LogP contribution in [0.15, 0.2) is 79.1 Å². The molecule has 0 fully saturated rings. The number of rotatable bonds is 6. The molecule has 0 saturated heterocycles. The number of anilines is 4. The van der Waals surface area contributed by atoms with Crippen molar-refractivity contribution >= 4 is 50.5 Å². The summed E-state index contributed by atoms with van der Waals surface area (Å²) in [5, 5.41) is 6.63. The Morgan fingerprint density at radius 1 is 0.946 bits per heavy atom. The Labute approximate surface area is 220 Å². The van der Waals surface area contributed by atoms with Gasteiger partial charge < -0.3 is 21.3 Å². The van der Waals surface area contributed by atoms with E-state index in [9.17, 15) is 4.79 Å². The van der Waals surface area contributed by atoms with Crippen molar-refractivity contribution in [2.45, 2.75) is 13.3 Å². The smallest absolute Gasteiger partial charge is 0.323 e. The average molecular weight is 509 g/mol. The van der Waals surface area contributed by atoms with Crippen molar-refractivity contribution in [3.63, 3.8) is 0 Å². The molecule has 7 nitrogen and oxygen atoms in total. The fourth-order valence-corrected chi connectivity index (χ4v) is 5.47. The number of thiophene rings is 1. The van der Waals surface area contributed by atoms with Crippen molar-refractivity contribution in [3.05, 3.63) is 95.1 Å². The molecule has 0 aliphatic carbocycles. The minimum atomic E-state index is -0.293. The number of nitrogens with one attached hydrogen (secondary N) is 2. The molecule has 0 aliphatic heterocycles. The van der Waals surface area contributed by atoms with Gasteiger partial charge >= 0.3 is 6.03 Å². The lowest BCUT2D eigenvalue weighted by Crippen LogP contribution is -2.19. The summed E-state index contributed by atoms with van der Waals surface area (Å²) in [7, 11) is 4.07. The van der Waals surface area contributed by atoms with Crippen LogP contribution in [0.4, 0.5) is 27.7 Å². The van der Waals surface area contributed by atoms with Crippen LogP contribution in [-0.4, -0.2) is 30.1 Å². The highest BCUT2D eigenvalue weighted by atomic mass is 32.1. The van der Waals surface area contributed by atoms with Crippen molar-refractivity contribution < 1.29 is 4.79 Å². The van der Waals surface area contributed by atoms with Crippen LogP contribution in [0, 0.1) is 6.92 Å². The van der Waals surface area contributed by atoms with Gasteiger partial charge in [-0.05, 0) is 60.0 Å². The normalized spacial score (nSPS) is 10.9. The van der Waals surface area contributed by atoms with E-state index in [1.54, 1.807) is 11.3 Å². The summed E-state index contributed by atoms with van der Waals surface area (Å²) in [4.78, 5) is 25.3. The number of benzene rings is 3. The summed E-state index contributed by atoms with van der Waals surface area (Å²) >= 11 is 1.63. The van der Waals surface area contributed by atoms with Crippen molar-refractivity contribution in [2.24, 2.45) is 0 Å². The highest BCUT2D eigenvalue weighted by Crippen LogP contribution is 2.41. The standard InChI is InChI=1S/C29H28N6OS/c1-18-5-4-6-22(15-18)34-29(36)33-21-11-9-20(10-12-21)25-24(37-28-26(25)27(30)31-17-32-28)16-19-7-13-23(14-8-19)35(2)3/h4-15,17H,16H2,1-3H3,(H2,30,31,32)(H2,33,34,36). The predicted octanol–water partition coefficient (Wildman–Crippen LogP) is 6.55. The quantitative estimate of drug-likeness (QED) is 0.242. The SMILES string of the molecule is Cc1cccc(NC(=O)Nc2ccc(-c3c(Cc4ccc(N(C)C)cc4)sc4ncnc(N)c34)cc2)c1. The number of carbonyl (C=O) groups excluding carboxylic acids is 1. The van der Waals surface area contributed by atoms with Gasteiger partial charge in [0.1, 0.15) is 17.0 Å². The molecule has 0 atom stereocenters. The first-order chi connectivity index (χ1) is 17.9. The number of nitrogen functional groups attached to an aromatic ring is 1. The summed E-state index contributed by atoms with van der Waals surface area (Å²) < 4.78 is 0. The number of carbonyl (C=O) groups is 1. The van der Waals surface area contributed by atoms with E-state index in [0.717, 1.165) is 49.6 Å². The Bertz CT molecular complexity index is 1560. The second-order valence-corrected chi connectivity index (χ2v) is 10.2. The molecule has 5 rings (SSSR count). The number of hydrogen-bond acceptors (Lipinski definition) is 6. The summed E-state index contributed by atoms with van der Waals surface area (Å²) in [6.07, 6.45) is 2.26. The molecule has 0 unspecified atom stereocenters. The first kappa shape index (κ1) is 24.3. The number of amides is 2. The topological polar surface area (TPSA) is 96.2 Å². The average Bonchev–Trinajstić information content (AvgIpc) is 3.24. The number of nitrogens with two attached hydrogens (primary N) is 1. The zero-order valence-electron chi connectivity index (χ0n) is 20.9. The molecule has 2 amide bonds. The molecular formula is C29H28N6OS. The van der Waals surface area contributed by atoms with Crippen molar-refractivity contribution in [1.82, 2.24) is 9.97 Å². The number of urea groups is 1. The summed E-state index contributed by atoms with van der Waals surface area (Å²) in [6, 6.07) is 23.7. The van der Waals surface area contributed by atoms with Crippen LogP contribution in [0.3, 0.4) is 0 Å². The second kappa shape index (κ2) is 10.3. The molecule has 0 radical (unpaired) electrons. The lowest BCUT2D eigenvalue weighted by molar-refractivity contribution is 0.262. The van der Waals surface area contributed by atoms with Gasteiger partial charge in [-0.25, -0.2) is 14.8 Å². The Morgan fingerprint density at radius 3 is 2.38 bits per heavy atom. The van der Waals surface area contributed by atoms with E-state index < -0.39 is 0 Å². The molecule has 0 aliphatic rings. The van der Waals surface area contributed by atoms with Gasteiger partial charge in [-0.15, -0.1) is 11.3 Å². The van der Waals surface area contributed by atoms with E-state index in [-0.39, 0.29) is 6.03 Å². The Kier molecular flexibility index (Phi) is 6.74. The van der Waals surface area contributed by atoms with Gasteiger partial charge in [0.15, 0.2) is 0 Å². The lowest BCUT2D eigenvalue weighted by Gasteiger charge is -2.13. The highest BCUT2D eigenvalue weighted by molar-refractivity contribution is 7.19. The van der Waals surface area contributed by atoms with Gasteiger partial charge in [0.05, 0.1) is 5.39 Å². The number of aryl methyl sites for hydroxylation is 1. The van der Waals surface area contributed by atoms with Crippen LogP contribution in [0.1, 0.15) is 16.0 Å². The van der Waals surface area contributed by atoms with Crippen LogP contribution < -0.4 is 21.3 Å². The molecule has 5 aromatic rings. The van der Waals surface area contributed by atoms with Gasteiger partial charge in [-0.3, -0.25) is 0 Å². The minimum absolute atomic E-state index is 0.293. The van der Waals surface area contributed by atoms with E-state index in [1.807, 2.05) is 69.6 Å². The van der Waals surface area contributed by atoms with Crippen LogP contribution in [0.2, 0.25) is 0 Å². The number of aromatic nitrogens is 2. The van der Waals surface area contributed by atoms with Crippen molar-refractivity contribution in [2.75, 3.05) is 35.4 Å². The summed E-state index contributed by atoms with van der Waals surface area (Å²) in [6.45, 7) is 1.99. The maximum absolute atomic E-state index is 12.5. The molecule has 0 saturated carbocycles. The fraction of sp³-hybridized carbons (Fsp3) is 0.138. The lowest BCUT2D eigenvalue weighted by atomic mass is 9.99. The largest absolute Gasteiger partial charge is 0.383 e. The van der Waals surface area contributed by atoms with Crippen LogP contribution in [0.25, 0.3) is 21.3 Å². The Balaban J connectivity index is 1.42. The molecular weight excluding hydrogens is 480 g/mol. The summed E-state index contributed by atoms with van der Waals surface area (Å²) in [5.74, 6) is 0.463. The highest BCUT2D eigenvalue weighted by Gasteiger charge is 2.18. The van der Waals surface area contributed by atoms with Crippen LogP contribution >= 0.6 is 11.3 Å². The Morgan fingerprint density at radius 2 is 1.68 bits per heavy atom. The number of fused-ring (bicyclic) bond motifs is 1. The molecule has 2 heterocycles. The summed E-state index contributed by atoms with van der Waals surface area (Å²) in [5.41, 5.74) is 13.2. The minimum Gasteiger partial charge on any atom is -0.383 e. The first-order valence-electron chi connectivity index (χ1n) is 11.9. The van der Waals surface area contributed by atoms with Gasteiger partial charge in [0.2, 0.25) is 0 Å². The molecule has 0 bridgehead atoms. The first-order valence-corrected chi connectivity index (χ1v) is 12.7. The maximum atomic E-state index is 12.5. The van der Waals surface area contributed by atoms with Crippen molar-refractivity contribution in [3.8, 4) is 11.1 Å². The third kappa shape index (κ3) is 5.39. The van der Waals surface area contributed by atoms with Gasteiger partial charge in [0, 0.05) is 48.0 Å². The fourth-order valence-electron chi connectivity index (χ4n) is 4.27. The van der Waals surface area contributed by atoms with Gasteiger partial charge in [-0.2, -0.15) is 0 Å². The van der Waals surface area contributed by atoms with Crippen molar-refractivity contribution in [1.29, 1.82) is 0 Å². The second-order valence-electron chi connectivity index (χ2n) is 9.10. The number of hydrogen-bond donors (Lipinski definition) is 3. The zero-order chi connectivity index (χ0) is 25.9. The molecule has 8 heteroatoms. The van der Waals surface area contributed by atoms with E-state index >= 15 is 0 Å². The van der Waals surface area contributed by atoms with Crippen LogP contribution in [-0.2, 0) is 6.42 Å². The third-order valence-corrected chi connectivity index (χ3v) is 7.21. The van der Waals surface area contributed by atoms with E-state index in [0.29, 0.717) is 11.5 Å². The molecule has 2 aromatic heterocycles. The molecule has 0 spiro atoms. The maximum Gasteiger partial charge on any atom is 0.323 e. The third-order valence-electron chi connectivity index (χ3n) is 6.12. The van der Waals surface area contributed by atoms with E-state index in [2.05, 4.69) is 49.8 Å². The van der Waals surface area contributed by atoms with E-state index in [1.165, 1.54) is 11.9 Å². The molecule has 37 heavy (non-hydrogen) atoms. The predicted molar refractivity (Wildman–Crippen MR) is 155 cm³/mol. The zero-order valence-corrected chi connectivity index (χ0v) is 21.8. The monoisotopic (exact) mass is 508 g/mol. The van der Waals surface area contributed by atoms with Gasteiger partial charge in [0.25, 0.3) is 0 Å². The van der Waals surface area contributed by atoms with E-state index in [4.69, 9.17) is 5.73 Å². The number of nitrogens with zero attached hydrogens (tertiary/aromatic N) is 3. The molecule has 3 aromatic carbocycles. The van der Waals surface area contributed by atoms with Gasteiger partial charge in [-0.1, -0.05) is 36.4 Å².